The Kier molecular flexibility index (Phi) is 4.35. The molecule has 0 aliphatic rings. The molecule has 116 valence electrons. The maximum absolute atomic E-state index is 9.39. The van der Waals surface area contributed by atoms with Crippen LogP contribution in [-0.2, 0) is 6.54 Å². The van der Waals surface area contributed by atoms with Crippen molar-refractivity contribution in [3.05, 3.63) is 30.6 Å². The van der Waals surface area contributed by atoms with Crippen molar-refractivity contribution in [2.75, 3.05) is 5.73 Å². The van der Waals surface area contributed by atoms with Gasteiger partial charge in [0.05, 0.1) is 0 Å². The van der Waals surface area contributed by atoms with E-state index in [2.05, 4.69) is 20.9 Å². The molecular weight excluding hydrogens is 310 g/mol. The predicted octanol–water partition coefficient (Wildman–Crippen LogP) is 2.68. The van der Waals surface area contributed by atoms with Gasteiger partial charge in [-0.3, -0.25) is 0 Å². The Bertz CT molecular complexity index is 867. The molecule has 1 aromatic carbocycles. The van der Waals surface area contributed by atoms with E-state index in [9.17, 15) is 5.11 Å². The molecule has 2 heterocycles. The number of aromatic hydroxyl groups is 1. The number of aromatic nitrogens is 4. The maximum Gasteiger partial charge on any atom is 0.175 e. The molecule has 3 N–H and O–H groups in total. The standard InChI is InChI=1S/C16H15N5OS/c1-2-3-4-9-21-15-13(14(17)18-10-19-15)20-16(21)23-12-7-5-11(22)6-8-12/h1,5-8,10,22H,3-4,9H2,(H2,17,18,19). The minimum atomic E-state index is 0.229. The Balaban J connectivity index is 2.00. The van der Waals surface area contributed by atoms with E-state index in [1.54, 1.807) is 12.1 Å². The van der Waals surface area contributed by atoms with Gasteiger partial charge in [-0.25, -0.2) is 15.0 Å². The number of aryl methyl sites for hydroxylation is 1. The Hall–Kier alpha value is -2.72. The average molecular weight is 325 g/mol. The first-order valence-electron chi connectivity index (χ1n) is 7.06. The second-order valence-corrected chi connectivity index (χ2v) is 5.92. The van der Waals surface area contributed by atoms with Gasteiger partial charge < -0.3 is 15.4 Å². The molecule has 0 aliphatic carbocycles. The van der Waals surface area contributed by atoms with Crippen LogP contribution in [0.25, 0.3) is 11.2 Å². The lowest BCUT2D eigenvalue weighted by Crippen LogP contribution is -2.01. The number of unbranched alkanes of at least 4 members (excludes halogenated alkanes) is 1. The highest BCUT2D eigenvalue weighted by molar-refractivity contribution is 7.99. The van der Waals surface area contributed by atoms with Gasteiger partial charge in [-0.2, -0.15) is 0 Å². The molecule has 0 saturated carbocycles. The average Bonchev–Trinajstić information content (AvgIpc) is 2.89. The van der Waals surface area contributed by atoms with Crippen molar-refractivity contribution < 1.29 is 5.11 Å². The monoisotopic (exact) mass is 325 g/mol. The third kappa shape index (κ3) is 3.22. The zero-order valence-electron chi connectivity index (χ0n) is 12.3. The lowest BCUT2D eigenvalue weighted by atomic mass is 10.3. The number of phenolic OH excluding ortho intramolecular Hbond substituents is 1. The molecule has 0 aliphatic heterocycles. The number of rotatable bonds is 5. The molecule has 7 heteroatoms. The van der Waals surface area contributed by atoms with Crippen LogP contribution in [0.2, 0.25) is 0 Å². The van der Waals surface area contributed by atoms with Crippen LogP contribution >= 0.6 is 11.8 Å². The fraction of sp³-hybridized carbons (Fsp3) is 0.188. The lowest BCUT2D eigenvalue weighted by molar-refractivity contribution is 0.475. The number of nitrogen functional groups attached to an aromatic ring is 1. The lowest BCUT2D eigenvalue weighted by Gasteiger charge is -2.07. The van der Waals surface area contributed by atoms with Crippen LogP contribution in [0.5, 0.6) is 5.75 Å². The number of hydrogen-bond donors (Lipinski definition) is 2. The molecular formula is C16H15N5OS. The van der Waals surface area contributed by atoms with Crippen molar-refractivity contribution in [3.63, 3.8) is 0 Å². The summed E-state index contributed by atoms with van der Waals surface area (Å²) in [6.45, 7) is 0.706. The van der Waals surface area contributed by atoms with Gasteiger partial charge in [-0.1, -0.05) is 11.8 Å². The number of imidazole rings is 1. The third-order valence-electron chi connectivity index (χ3n) is 3.27. The summed E-state index contributed by atoms with van der Waals surface area (Å²) in [6.07, 6.45) is 8.28. The Morgan fingerprint density at radius 2 is 2.04 bits per heavy atom. The Morgan fingerprint density at radius 3 is 2.78 bits per heavy atom. The van der Waals surface area contributed by atoms with E-state index in [0.717, 1.165) is 16.5 Å². The van der Waals surface area contributed by atoms with E-state index >= 15 is 0 Å². The van der Waals surface area contributed by atoms with Crippen molar-refractivity contribution in [2.24, 2.45) is 0 Å². The van der Waals surface area contributed by atoms with Gasteiger partial charge in [-0.05, 0) is 30.7 Å². The number of nitrogens with two attached hydrogens (primary N) is 1. The number of nitrogens with zero attached hydrogens (tertiary/aromatic N) is 4. The number of anilines is 1. The van der Waals surface area contributed by atoms with Crippen LogP contribution in [0, 0.1) is 12.3 Å². The van der Waals surface area contributed by atoms with Crippen LogP contribution in [-0.4, -0.2) is 24.6 Å². The second-order valence-electron chi connectivity index (χ2n) is 4.88. The van der Waals surface area contributed by atoms with Crippen molar-refractivity contribution in [1.82, 2.24) is 19.5 Å². The molecule has 0 atom stereocenters. The van der Waals surface area contributed by atoms with Crippen molar-refractivity contribution in [1.29, 1.82) is 0 Å². The molecule has 0 fully saturated rings. The van der Waals surface area contributed by atoms with Gasteiger partial charge in [0.25, 0.3) is 0 Å². The van der Waals surface area contributed by atoms with E-state index < -0.39 is 0 Å². The molecule has 6 nitrogen and oxygen atoms in total. The molecule has 0 radical (unpaired) electrons. The van der Waals surface area contributed by atoms with E-state index in [1.807, 2.05) is 16.7 Å². The third-order valence-corrected chi connectivity index (χ3v) is 4.28. The van der Waals surface area contributed by atoms with Crippen LogP contribution in [0.3, 0.4) is 0 Å². The van der Waals surface area contributed by atoms with Gasteiger partial charge in [0.1, 0.15) is 12.1 Å². The molecule has 3 rings (SSSR count). The van der Waals surface area contributed by atoms with Gasteiger partial charge in [-0.15, -0.1) is 12.3 Å². The molecule has 0 amide bonds. The first-order chi connectivity index (χ1) is 11.2. The van der Waals surface area contributed by atoms with Crippen LogP contribution in [0.15, 0.2) is 40.6 Å². The number of benzene rings is 1. The maximum atomic E-state index is 9.39. The first-order valence-corrected chi connectivity index (χ1v) is 7.87. The highest BCUT2D eigenvalue weighted by Crippen LogP contribution is 2.31. The molecule has 0 saturated heterocycles. The summed E-state index contributed by atoms with van der Waals surface area (Å²) in [6, 6.07) is 6.95. The zero-order chi connectivity index (χ0) is 16.2. The molecule has 0 unspecified atom stereocenters. The van der Waals surface area contributed by atoms with E-state index in [0.29, 0.717) is 29.9 Å². The Labute approximate surface area is 137 Å². The predicted molar refractivity (Wildman–Crippen MR) is 90.0 cm³/mol. The molecule has 3 aromatic rings. The van der Waals surface area contributed by atoms with Crippen LogP contribution in [0.4, 0.5) is 5.82 Å². The van der Waals surface area contributed by atoms with Gasteiger partial charge in [0, 0.05) is 17.9 Å². The molecule has 23 heavy (non-hydrogen) atoms. The summed E-state index contributed by atoms with van der Waals surface area (Å²) < 4.78 is 2.00. The summed E-state index contributed by atoms with van der Waals surface area (Å²) >= 11 is 1.48. The van der Waals surface area contributed by atoms with Crippen LogP contribution in [0.1, 0.15) is 12.8 Å². The minimum absolute atomic E-state index is 0.229. The zero-order valence-corrected chi connectivity index (χ0v) is 13.1. The molecule has 2 aromatic heterocycles. The van der Waals surface area contributed by atoms with Crippen molar-refractivity contribution in [2.45, 2.75) is 29.4 Å². The largest absolute Gasteiger partial charge is 0.508 e. The summed E-state index contributed by atoms with van der Waals surface area (Å²) in [5.41, 5.74) is 7.20. The fourth-order valence-corrected chi connectivity index (χ4v) is 3.08. The number of terminal acetylenes is 1. The van der Waals surface area contributed by atoms with Crippen LogP contribution < -0.4 is 5.73 Å². The van der Waals surface area contributed by atoms with E-state index in [-0.39, 0.29) is 5.75 Å². The smallest absolute Gasteiger partial charge is 0.175 e. The summed E-state index contributed by atoms with van der Waals surface area (Å²) in [5, 5.41) is 10.2. The quantitative estimate of drug-likeness (QED) is 0.554. The summed E-state index contributed by atoms with van der Waals surface area (Å²) in [4.78, 5) is 13.8. The summed E-state index contributed by atoms with van der Waals surface area (Å²) in [5.74, 6) is 3.23. The highest BCUT2D eigenvalue weighted by atomic mass is 32.2. The number of fused-ring (bicyclic) bond motifs is 1. The number of phenols is 1. The van der Waals surface area contributed by atoms with Crippen molar-refractivity contribution in [3.8, 4) is 18.1 Å². The first kappa shape index (κ1) is 15.2. The molecule has 0 spiro atoms. The normalized spacial score (nSPS) is 10.7. The number of hydrogen-bond acceptors (Lipinski definition) is 6. The van der Waals surface area contributed by atoms with Gasteiger partial charge in [0.15, 0.2) is 22.1 Å². The molecule has 0 bridgehead atoms. The van der Waals surface area contributed by atoms with Gasteiger partial charge in [0.2, 0.25) is 0 Å². The fourth-order valence-electron chi connectivity index (χ4n) is 2.17. The highest BCUT2D eigenvalue weighted by Gasteiger charge is 2.15. The summed E-state index contributed by atoms with van der Waals surface area (Å²) in [7, 11) is 0. The minimum Gasteiger partial charge on any atom is -0.508 e. The Morgan fingerprint density at radius 1 is 1.26 bits per heavy atom. The van der Waals surface area contributed by atoms with Gasteiger partial charge >= 0.3 is 0 Å². The van der Waals surface area contributed by atoms with E-state index in [1.165, 1.54) is 18.1 Å². The SMILES string of the molecule is C#CCCCn1c(Sc2ccc(O)cc2)nc2c(N)ncnc21. The second kappa shape index (κ2) is 6.58. The van der Waals surface area contributed by atoms with Crippen molar-refractivity contribution >= 4 is 28.7 Å². The topological polar surface area (TPSA) is 89.8 Å². The van der Waals surface area contributed by atoms with E-state index in [4.69, 9.17) is 12.2 Å².